The molecule has 0 N–H and O–H groups in total. The Morgan fingerprint density at radius 1 is 1.36 bits per heavy atom. The minimum absolute atomic E-state index is 0.295. The van der Waals surface area contributed by atoms with Crippen LogP contribution in [-0.2, 0) is 20.6 Å². The molecule has 11 heavy (non-hydrogen) atoms. The van der Waals surface area contributed by atoms with Crippen LogP contribution in [0.3, 0.4) is 0 Å². The summed E-state index contributed by atoms with van der Waals surface area (Å²) in [5, 5.41) is 0. The molecule has 0 aromatic heterocycles. The van der Waals surface area contributed by atoms with Crippen molar-refractivity contribution in [2.24, 2.45) is 4.99 Å². The molecule has 0 saturated heterocycles. The lowest BCUT2D eigenvalue weighted by Crippen LogP contribution is -1.90. The van der Waals surface area contributed by atoms with Gasteiger partial charge in [0.05, 0.1) is 5.69 Å². The van der Waals surface area contributed by atoms with E-state index < -0.39 is 0 Å². The summed E-state index contributed by atoms with van der Waals surface area (Å²) < 4.78 is 0.765. The predicted molar refractivity (Wildman–Crippen MR) is 55.5 cm³/mol. The molecule has 0 spiro atoms. The summed E-state index contributed by atoms with van der Waals surface area (Å²) in [6.45, 7) is 0. The van der Waals surface area contributed by atoms with E-state index in [-0.39, 0.29) is 9.45 Å². The molecule has 1 heterocycles. The molecule has 0 aliphatic carbocycles. The zero-order valence-electron chi connectivity index (χ0n) is 5.52. The van der Waals surface area contributed by atoms with Crippen molar-refractivity contribution in [3.05, 3.63) is 24.3 Å². The van der Waals surface area contributed by atoms with Gasteiger partial charge in [0, 0.05) is 4.90 Å². The average Bonchev–Trinajstić information content (AvgIpc) is 2.30. The highest BCUT2D eigenvalue weighted by Crippen LogP contribution is 2.30. The molecule has 2 rings (SSSR count). The zero-order valence-corrected chi connectivity index (χ0v) is 8.05. The molecule has 1 aromatic carbocycles. The number of hydrogen-bond acceptors (Lipinski definition) is 2. The summed E-state index contributed by atoms with van der Waals surface area (Å²) in [5.41, 5.74) is 0.982. The lowest BCUT2D eigenvalue weighted by molar-refractivity contribution is 1.41. The minimum atomic E-state index is -0.295. The van der Waals surface area contributed by atoms with Crippen LogP contribution >= 0.6 is 12.6 Å². The Labute approximate surface area is 77.5 Å². The third-order valence-electron chi connectivity index (χ3n) is 1.45. The maximum absolute atomic E-state index is 5.20. The molecule has 0 radical (unpaired) electrons. The van der Waals surface area contributed by atoms with Gasteiger partial charge in [-0.05, 0) is 32.8 Å². The maximum atomic E-state index is 5.20. The van der Waals surface area contributed by atoms with Crippen LogP contribution in [0.25, 0.3) is 0 Å². The molecule has 1 nitrogen and oxygen atoms in total. The molecule has 0 bridgehead atoms. The van der Waals surface area contributed by atoms with Crippen molar-refractivity contribution >= 4 is 43.3 Å². The van der Waals surface area contributed by atoms with E-state index in [9.17, 15) is 0 Å². The highest BCUT2D eigenvalue weighted by Gasteiger charge is 2.15. The number of hydrogen-bond donors (Lipinski definition) is 1. The smallest absolute Gasteiger partial charge is 0.136 e. The van der Waals surface area contributed by atoms with E-state index in [1.807, 2.05) is 24.3 Å². The first-order chi connectivity index (χ1) is 5.29. The molecular weight excluding hydrogens is 194 g/mol. The fraction of sp³-hybridized carbons (Fsp3) is 0. The Bertz CT molecular complexity index is 356. The molecule has 4 heteroatoms. The van der Waals surface area contributed by atoms with Crippen LogP contribution in [0.15, 0.2) is 34.2 Å². The molecule has 1 aliphatic heterocycles. The zero-order chi connectivity index (χ0) is 7.84. The van der Waals surface area contributed by atoms with Crippen LogP contribution in [0.2, 0.25) is 0 Å². The Hall–Kier alpha value is -0.190. The Balaban J connectivity index is 2.67. The average molecular weight is 199 g/mol. The van der Waals surface area contributed by atoms with Crippen molar-refractivity contribution in [2.75, 3.05) is 0 Å². The van der Waals surface area contributed by atoms with E-state index in [0.717, 1.165) is 15.0 Å². The van der Waals surface area contributed by atoms with Gasteiger partial charge in [-0.3, -0.25) is 0 Å². The van der Waals surface area contributed by atoms with E-state index in [4.69, 9.17) is 11.2 Å². The largest absolute Gasteiger partial charge is 0.233 e. The number of rotatable bonds is 0. The number of aliphatic imine (C=N–C) groups is 1. The van der Waals surface area contributed by atoms with Gasteiger partial charge < -0.3 is 0 Å². The van der Waals surface area contributed by atoms with Crippen LogP contribution in [-0.4, -0.2) is 4.38 Å². The van der Waals surface area contributed by atoms with Gasteiger partial charge >= 0.3 is 0 Å². The second-order valence-electron chi connectivity index (χ2n) is 2.13. The molecule has 1 aliphatic rings. The van der Waals surface area contributed by atoms with Crippen molar-refractivity contribution in [3.63, 3.8) is 0 Å². The second kappa shape index (κ2) is 2.69. The molecular formula is C7H5NS3. The normalized spacial score (nSPS) is 21.2. The van der Waals surface area contributed by atoms with Crippen molar-refractivity contribution in [1.82, 2.24) is 0 Å². The van der Waals surface area contributed by atoms with Gasteiger partial charge in [0.2, 0.25) is 0 Å². The van der Waals surface area contributed by atoms with Gasteiger partial charge in [-0.15, -0.1) is 12.6 Å². The lowest BCUT2D eigenvalue weighted by Gasteiger charge is -1.94. The summed E-state index contributed by atoms with van der Waals surface area (Å²) in [7, 11) is -0.295. The third-order valence-corrected chi connectivity index (χ3v) is 4.65. The van der Waals surface area contributed by atoms with Gasteiger partial charge in [-0.2, -0.15) is 0 Å². The van der Waals surface area contributed by atoms with Crippen LogP contribution in [0.1, 0.15) is 0 Å². The molecule has 1 atom stereocenters. The second-order valence-corrected chi connectivity index (χ2v) is 5.22. The number of fused-ring (bicyclic) bond motifs is 1. The fourth-order valence-corrected chi connectivity index (χ4v) is 2.77. The maximum Gasteiger partial charge on any atom is 0.136 e. The van der Waals surface area contributed by atoms with Crippen LogP contribution in [0.5, 0.6) is 0 Å². The van der Waals surface area contributed by atoms with E-state index in [0.29, 0.717) is 0 Å². The summed E-state index contributed by atoms with van der Waals surface area (Å²) in [5.74, 6) is 0. The first-order valence-electron chi connectivity index (χ1n) is 3.07. The van der Waals surface area contributed by atoms with Gasteiger partial charge in [0.1, 0.15) is 4.38 Å². The van der Waals surface area contributed by atoms with Crippen molar-refractivity contribution in [2.45, 2.75) is 4.90 Å². The van der Waals surface area contributed by atoms with Crippen LogP contribution in [0.4, 0.5) is 5.69 Å². The first-order valence-corrected chi connectivity index (χ1v) is 5.67. The van der Waals surface area contributed by atoms with Gasteiger partial charge in [0.25, 0.3) is 0 Å². The number of thiol groups is 1. The summed E-state index contributed by atoms with van der Waals surface area (Å²) in [6.07, 6.45) is 0. The minimum Gasteiger partial charge on any atom is -0.233 e. The lowest BCUT2D eigenvalue weighted by atomic mass is 10.3. The van der Waals surface area contributed by atoms with E-state index in [2.05, 4.69) is 17.6 Å². The molecule has 0 saturated carbocycles. The molecule has 56 valence electrons. The SMILES string of the molecule is S=S1C(S)=Nc2ccccc21. The van der Waals surface area contributed by atoms with Gasteiger partial charge in [-0.25, -0.2) is 4.99 Å². The standard InChI is InChI=1S/C7H5NS3/c9-7-8-5-3-1-2-4-6(5)11(7)10/h1-4H,(H,8,9). The fourth-order valence-electron chi connectivity index (χ4n) is 0.949. The van der Waals surface area contributed by atoms with Gasteiger partial charge in [0.15, 0.2) is 0 Å². The number of benzene rings is 1. The topological polar surface area (TPSA) is 12.4 Å². The number of nitrogens with zero attached hydrogens (tertiary/aromatic N) is 1. The van der Waals surface area contributed by atoms with Gasteiger partial charge in [-0.1, -0.05) is 12.1 Å². The molecule has 0 amide bonds. The Morgan fingerprint density at radius 3 is 2.82 bits per heavy atom. The van der Waals surface area contributed by atoms with Crippen LogP contribution < -0.4 is 0 Å². The summed E-state index contributed by atoms with van der Waals surface area (Å²) in [4.78, 5) is 5.35. The monoisotopic (exact) mass is 199 g/mol. The highest BCUT2D eigenvalue weighted by molar-refractivity contribution is 8.46. The van der Waals surface area contributed by atoms with E-state index in [1.54, 1.807) is 0 Å². The Kier molecular flexibility index (Phi) is 1.83. The van der Waals surface area contributed by atoms with Crippen molar-refractivity contribution in [3.8, 4) is 0 Å². The number of para-hydroxylation sites is 1. The predicted octanol–water partition coefficient (Wildman–Crippen LogP) is 2.06. The van der Waals surface area contributed by atoms with E-state index >= 15 is 0 Å². The third kappa shape index (κ3) is 1.15. The van der Waals surface area contributed by atoms with Crippen LogP contribution in [0, 0.1) is 0 Å². The highest BCUT2D eigenvalue weighted by atomic mass is 32.8. The first kappa shape index (κ1) is 7.46. The van der Waals surface area contributed by atoms with Crippen molar-refractivity contribution < 1.29 is 0 Å². The van der Waals surface area contributed by atoms with Crippen molar-refractivity contribution in [1.29, 1.82) is 0 Å². The Morgan fingerprint density at radius 2 is 2.09 bits per heavy atom. The molecule has 0 fully saturated rings. The quantitative estimate of drug-likeness (QED) is 0.498. The molecule has 1 aromatic rings. The van der Waals surface area contributed by atoms with E-state index in [1.165, 1.54) is 0 Å². The summed E-state index contributed by atoms with van der Waals surface area (Å²) >= 11 is 9.39. The summed E-state index contributed by atoms with van der Waals surface area (Å²) in [6, 6.07) is 7.91. The molecule has 1 unspecified atom stereocenters.